The second-order valence-corrected chi connectivity index (χ2v) is 7.64. The van der Waals surface area contributed by atoms with Crippen LogP contribution in [0.3, 0.4) is 0 Å². The molecule has 3 rings (SSSR count). The molecule has 1 radical (unpaired) electrons. The number of carboxylic acid groups (broad SMARTS) is 1. The number of aromatic nitrogens is 1. The largest absolute Gasteiger partial charge is 0.545 e. The first-order chi connectivity index (χ1) is 17.2. The van der Waals surface area contributed by atoms with Crippen LogP contribution < -0.4 is 4.74 Å². The number of likely N-dealkylation sites (tertiary alicyclic amines) is 1. The third-order valence-electron chi connectivity index (χ3n) is 5.59. The number of pyridine rings is 1. The van der Waals surface area contributed by atoms with E-state index in [4.69, 9.17) is 19.1 Å². The number of methoxy groups -OCH3 is 1. The van der Waals surface area contributed by atoms with Crippen molar-refractivity contribution in [2.45, 2.75) is 31.7 Å². The Morgan fingerprint density at radius 1 is 1.06 bits per heavy atom. The van der Waals surface area contributed by atoms with E-state index in [-0.39, 0.29) is 27.0 Å². The van der Waals surface area contributed by atoms with Crippen molar-refractivity contribution in [1.82, 2.24) is 14.8 Å². The minimum Gasteiger partial charge on any atom is -0.545 e. The first-order valence-electron chi connectivity index (χ1n) is 11.1. The predicted molar refractivity (Wildman–Crippen MR) is 133 cm³/mol. The van der Waals surface area contributed by atoms with E-state index >= 15 is 0 Å². The van der Waals surface area contributed by atoms with Crippen LogP contribution in [0.15, 0.2) is 48.7 Å². The summed E-state index contributed by atoms with van der Waals surface area (Å²) in [6.07, 6.45) is 4.97. The summed E-state index contributed by atoms with van der Waals surface area (Å²) in [5, 5.41) is 9.21. The molecule has 0 spiro atoms. The molecule has 0 atom stereocenters. The molecule has 1 saturated heterocycles. The smallest absolute Gasteiger partial charge is 0.317 e. The van der Waals surface area contributed by atoms with E-state index in [1.807, 2.05) is 35.2 Å². The van der Waals surface area contributed by atoms with Crippen molar-refractivity contribution in [2.24, 2.45) is 0 Å². The number of nitrogens with zero attached hydrogens (tertiary/aromatic N) is 3. The number of carboxylic acids is 1. The monoisotopic (exact) mass is 671 g/mol. The Kier molecular flexibility index (Phi) is 22.3. The van der Waals surface area contributed by atoms with Gasteiger partial charge in [-0.05, 0) is 68.6 Å². The Labute approximate surface area is 227 Å². The molecule has 2 heterocycles. The number of ether oxygens (including phenoxy) is 1. The van der Waals surface area contributed by atoms with Gasteiger partial charge < -0.3 is 29.1 Å². The van der Waals surface area contributed by atoms with Crippen LogP contribution in [0.2, 0.25) is 0 Å². The maximum Gasteiger partial charge on any atom is 0.317 e. The number of hydrogen-bond donors (Lipinski definition) is 1. The number of aliphatic carboxylic acids is 1. The number of benzene rings is 1. The molecular formula is C26H34N3O6Re-3. The van der Waals surface area contributed by atoms with Crippen LogP contribution in [0.1, 0.15) is 36.4 Å². The fourth-order valence-electron chi connectivity index (χ4n) is 4.12. The van der Waals surface area contributed by atoms with Crippen LogP contribution >= 0.6 is 0 Å². The number of para-hydroxylation sites is 1. The zero-order valence-electron chi connectivity index (χ0n) is 20.5. The summed E-state index contributed by atoms with van der Waals surface area (Å²) in [6.45, 7) is 14.3. The molecule has 1 fully saturated rings. The van der Waals surface area contributed by atoms with Gasteiger partial charge in [-0.25, -0.2) is 0 Å². The second-order valence-electron chi connectivity index (χ2n) is 7.64. The average molecular weight is 671 g/mol. The van der Waals surface area contributed by atoms with Gasteiger partial charge in [-0.1, -0.05) is 24.3 Å². The van der Waals surface area contributed by atoms with Gasteiger partial charge >= 0.3 is 5.97 Å². The van der Waals surface area contributed by atoms with Crippen molar-refractivity contribution >= 4 is 26.3 Å². The summed E-state index contributed by atoms with van der Waals surface area (Å²) in [4.78, 5) is 43.2. The molecular weight excluding hydrogens is 637 g/mol. The predicted octanol–water partition coefficient (Wildman–Crippen LogP) is 2.42. The zero-order chi connectivity index (χ0) is 26.5. The van der Waals surface area contributed by atoms with Gasteiger partial charge in [0, 0.05) is 39.7 Å². The maximum atomic E-state index is 11.2. The molecule has 10 heteroatoms. The average Bonchev–Trinajstić information content (AvgIpc) is 2.92. The van der Waals surface area contributed by atoms with E-state index in [0.717, 1.165) is 56.9 Å². The summed E-state index contributed by atoms with van der Waals surface area (Å²) in [7, 11) is 1.74. The van der Waals surface area contributed by atoms with Crippen molar-refractivity contribution in [3.05, 3.63) is 59.9 Å². The molecule has 1 N–H and O–H groups in total. The first kappa shape index (κ1) is 35.4. The van der Waals surface area contributed by atoms with Gasteiger partial charge in [0.05, 0.1) is 19.3 Å². The van der Waals surface area contributed by atoms with E-state index in [2.05, 4.69) is 42.4 Å². The van der Waals surface area contributed by atoms with Gasteiger partial charge in [0.1, 0.15) is 5.75 Å². The zero-order valence-corrected chi connectivity index (χ0v) is 23.2. The minimum absolute atomic E-state index is 0. The Hall–Kier alpha value is -2.77. The van der Waals surface area contributed by atoms with Gasteiger partial charge in [-0.3, -0.25) is 35.0 Å². The molecule has 0 amide bonds. The number of rotatable bonds is 10. The van der Waals surface area contributed by atoms with E-state index < -0.39 is 5.97 Å². The molecule has 0 unspecified atom stereocenters. The molecule has 36 heavy (non-hydrogen) atoms. The minimum atomic E-state index is -0.793. The van der Waals surface area contributed by atoms with Crippen LogP contribution in [0.4, 0.5) is 0 Å². The van der Waals surface area contributed by atoms with Gasteiger partial charge in [-0.15, -0.1) is 0 Å². The summed E-state index contributed by atoms with van der Waals surface area (Å²) < 4.78 is 5.52. The van der Waals surface area contributed by atoms with Gasteiger partial charge in [0.2, 0.25) is 0 Å². The van der Waals surface area contributed by atoms with E-state index in [1.54, 1.807) is 13.3 Å². The first-order valence-corrected chi connectivity index (χ1v) is 11.1. The van der Waals surface area contributed by atoms with Crippen molar-refractivity contribution in [3.8, 4) is 5.75 Å². The van der Waals surface area contributed by atoms with E-state index in [9.17, 15) is 9.90 Å². The summed E-state index contributed by atoms with van der Waals surface area (Å²) in [5.41, 5.74) is 2.23. The van der Waals surface area contributed by atoms with E-state index in [1.165, 1.54) is 5.56 Å². The Bertz CT molecular complexity index is 818. The molecule has 0 bridgehead atoms. The van der Waals surface area contributed by atoms with Gasteiger partial charge in [-0.2, -0.15) is 0 Å². The SMILES string of the molecule is COc1ccccc1C1CCN(CCCN(CC(=O)O)Cc2ccccn2)CC1.[CH-]=O.[CH-]=O.[CH-]=O.[Re]. The van der Waals surface area contributed by atoms with Crippen molar-refractivity contribution in [1.29, 1.82) is 0 Å². The Morgan fingerprint density at radius 3 is 2.22 bits per heavy atom. The molecule has 9 nitrogen and oxygen atoms in total. The molecule has 199 valence electrons. The summed E-state index contributed by atoms with van der Waals surface area (Å²) in [6, 6.07) is 14.1. The number of carbonyl (C=O) groups excluding carboxylic acids is 3. The quantitative estimate of drug-likeness (QED) is 0.301. The van der Waals surface area contributed by atoms with Crippen LogP contribution in [-0.4, -0.2) is 86.1 Å². The van der Waals surface area contributed by atoms with Crippen LogP contribution in [0, 0.1) is 0 Å². The van der Waals surface area contributed by atoms with Crippen molar-refractivity contribution in [3.63, 3.8) is 0 Å². The Morgan fingerprint density at radius 2 is 1.67 bits per heavy atom. The standard InChI is InChI=1S/C23H31N3O3.3CHO.Re/c1-29-22-9-3-2-8-21(22)19-10-15-25(16-11-19)13-6-14-26(18-23(27)28)17-20-7-4-5-12-24-20;3*1-2;/h2-5,7-9,12,19H,6,10-11,13-18H2,1H3,(H,27,28);3*1H;/q;3*-1;. The molecule has 0 aliphatic carbocycles. The normalized spacial score (nSPS) is 12.8. The molecule has 1 aromatic heterocycles. The maximum absolute atomic E-state index is 11.2. The number of piperidine rings is 1. The fourth-order valence-corrected chi connectivity index (χ4v) is 4.12. The van der Waals surface area contributed by atoms with Gasteiger partial charge in [0.15, 0.2) is 0 Å². The fraction of sp³-hybridized carbons (Fsp3) is 0.423. The third kappa shape index (κ3) is 13.4. The van der Waals surface area contributed by atoms with Crippen LogP contribution in [0.25, 0.3) is 0 Å². The van der Waals surface area contributed by atoms with Crippen LogP contribution in [0.5, 0.6) is 5.75 Å². The topological polar surface area (TPSA) is 117 Å². The van der Waals surface area contributed by atoms with Crippen molar-refractivity contribution < 1.29 is 49.4 Å². The molecule has 2 aromatic rings. The summed E-state index contributed by atoms with van der Waals surface area (Å²) >= 11 is 0. The molecule has 1 aromatic carbocycles. The van der Waals surface area contributed by atoms with E-state index in [0.29, 0.717) is 12.5 Å². The number of carbonyl (C=O) groups is 1. The summed E-state index contributed by atoms with van der Waals surface area (Å²) in [5.74, 6) is 0.749. The number of hydrogen-bond acceptors (Lipinski definition) is 8. The van der Waals surface area contributed by atoms with Crippen molar-refractivity contribution in [2.75, 3.05) is 39.8 Å². The second kappa shape index (κ2) is 22.7. The molecule has 1 aliphatic rings. The Balaban J connectivity index is 0. The molecule has 1 aliphatic heterocycles. The molecule has 0 saturated carbocycles. The van der Waals surface area contributed by atoms with Gasteiger partial charge in [0.25, 0.3) is 0 Å². The third-order valence-corrected chi connectivity index (χ3v) is 5.59. The van der Waals surface area contributed by atoms with Crippen LogP contribution in [-0.2, 0) is 46.1 Å².